The minimum atomic E-state index is 0.380. The number of nitrogens with zero attached hydrogens (tertiary/aromatic N) is 1. The lowest BCUT2D eigenvalue weighted by Crippen LogP contribution is -2.63. The Morgan fingerprint density at radius 3 is 2.27 bits per heavy atom. The first-order valence-electron chi connectivity index (χ1n) is 6.60. The molecule has 2 aliphatic rings. The molecule has 0 heterocycles. The monoisotopic (exact) mass is 210 g/mol. The molecule has 2 rings (SSSR count). The van der Waals surface area contributed by atoms with Gasteiger partial charge in [-0.1, -0.05) is 20.8 Å². The third-order valence-corrected chi connectivity index (χ3v) is 4.54. The molecule has 0 aromatic rings. The highest BCUT2D eigenvalue weighted by atomic mass is 15.3. The standard InChI is InChI=1S/C13H26N2/c1-4-15(12-5-6-12)13(9-14)7-11(8-13)10(2)3/h10-12H,4-9,14H2,1-3H3. The molecule has 0 aromatic carbocycles. The topological polar surface area (TPSA) is 29.3 Å². The van der Waals surface area contributed by atoms with Gasteiger partial charge in [-0.05, 0) is 44.1 Å². The molecule has 0 atom stereocenters. The maximum atomic E-state index is 6.03. The average molecular weight is 210 g/mol. The lowest BCUT2D eigenvalue weighted by molar-refractivity contribution is -0.0376. The van der Waals surface area contributed by atoms with Crippen LogP contribution in [-0.4, -0.2) is 29.6 Å². The van der Waals surface area contributed by atoms with E-state index in [0.29, 0.717) is 5.54 Å². The maximum Gasteiger partial charge on any atom is 0.0340 e. The smallest absolute Gasteiger partial charge is 0.0340 e. The quantitative estimate of drug-likeness (QED) is 0.754. The molecule has 2 aliphatic carbocycles. The predicted molar refractivity (Wildman–Crippen MR) is 64.7 cm³/mol. The van der Waals surface area contributed by atoms with Gasteiger partial charge in [-0.3, -0.25) is 4.90 Å². The number of nitrogens with two attached hydrogens (primary N) is 1. The van der Waals surface area contributed by atoms with Crippen molar-refractivity contribution in [3.63, 3.8) is 0 Å². The highest BCUT2D eigenvalue weighted by Gasteiger charge is 2.51. The second-order valence-electron chi connectivity index (χ2n) is 5.86. The molecule has 0 amide bonds. The fourth-order valence-electron chi connectivity index (χ4n) is 3.27. The molecular weight excluding hydrogens is 184 g/mol. The first-order valence-corrected chi connectivity index (χ1v) is 6.60. The lowest BCUT2D eigenvalue weighted by atomic mass is 9.63. The molecule has 2 N–H and O–H groups in total. The van der Waals surface area contributed by atoms with Crippen molar-refractivity contribution in [3.8, 4) is 0 Å². The van der Waals surface area contributed by atoms with Crippen molar-refractivity contribution in [2.45, 2.75) is 58.0 Å². The van der Waals surface area contributed by atoms with Crippen LogP contribution in [0.25, 0.3) is 0 Å². The van der Waals surface area contributed by atoms with E-state index in [1.807, 2.05) is 0 Å². The van der Waals surface area contributed by atoms with Crippen LogP contribution in [0.2, 0.25) is 0 Å². The van der Waals surface area contributed by atoms with Gasteiger partial charge in [0.05, 0.1) is 0 Å². The SMILES string of the molecule is CCN(C1CC1)C1(CN)CC(C(C)C)C1. The summed E-state index contributed by atoms with van der Waals surface area (Å²) in [6.07, 6.45) is 5.49. The van der Waals surface area contributed by atoms with Gasteiger partial charge >= 0.3 is 0 Å². The van der Waals surface area contributed by atoms with Gasteiger partial charge in [0.2, 0.25) is 0 Å². The van der Waals surface area contributed by atoms with Crippen molar-refractivity contribution >= 4 is 0 Å². The van der Waals surface area contributed by atoms with Crippen LogP contribution in [0.3, 0.4) is 0 Å². The molecular formula is C13H26N2. The molecule has 0 radical (unpaired) electrons. The summed E-state index contributed by atoms with van der Waals surface area (Å²) in [5.74, 6) is 1.75. The third kappa shape index (κ3) is 1.94. The highest BCUT2D eigenvalue weighted by Crippen LogP contribution is 2.48. The van der Waals surface area contributed by atoms with Gasteiger partial charge in [-0.2, -0.15) is 0 Å². The largest absolute Gasteiger partial charge is 0.329 e. The van der Waals surface area contributed by atoms with E-state index in [0.717, 1.165) is 24.4 Å². The molecule has 2 saturated carbocycles. The first-order chi connectivity index (χ1) is 7.13. The predicted octanol–water partition coefficient (Wildman–Crippen LogP) is 2.23. The number of hydrogen-bond acceptors (Lipinski definition) is 2. The molecule has 0 aromatic heterocycles. The van der Waals surface area contributed by atoms with Crippen molar-refractivity contribution in [1.29, 1.82) is 0 Å². The van der Waals surface area contributed by atoms with Gasteiger partial charge in [0.1, 0.15) is 0 Å². The Kier molecular flexibility index (Phi) is 3.09. The zero-order chi connectivity index (χ0) is 11.1. The molecule has 0 saturated heterocycles. The summed E-state index contributed by atoms with van der Waals surface area (Å²) < 4.78 is 0. The van der Waals surface area contributed by atoms with Crippen molar-refractivity contribution in [2.24, 2.45) is 17.6 Å². The zero-order valence-electron chi connectivity index (χ0n) is 10.5. The molecule has 2 fully saturated rings. The number of likely N-dealkylation sites (N-methyl/N-ethyl adjacent to an activating group) is 1. The van der Waals surface area contributed by atoms with Gasteiger partial charge in [0.15, 0.2) is 0 Å². The lowest BCUT2D eigenvalue weighted by Gasteiger charge is -2.55. The second-order valence-corrected chi connectivity index (χ2v) is 5.86. The van der Waals surface area contributed by atoms with Gasteiger partial charge < -0.3 is 5.73 Å². The number of rotatable bonds is 5. The average Bonchev–Trinajstić information content (AvgIpc) is 2.93. The van der Waals surface area contributed by atoms with Crippen molar-refractivity contribution in [2.75, 3.05) is 13.1 Å². The summed E-state index contributed by atoms with van der Waals surface area (Å²) in [6, 6.07) is 0.867. The molecule has 15 heavy (non-hydrogen) atoms. The Balaban J connectivity index is 1.98. The van der Waals surface area contributed by atoms with Crippen LogP contribution in [0, 0.1) is 11.8 Å². The van der Waals surface area contributed by atoms with Crippen LogP contribution in [0.15, 0.2) is 0 Å². The van der Waals surface area contributed by atoms with Crippen LogP contribution in [-0.2, 0) is 0 Å². The van der Waals surface area contributed by atoms with E-state index in [1.54, 1.807) is 0 Å². The van der Waals surface area contributed by atoms with Crippen molar-refractivity contribution in [1.82, 2.24) is 4.90 Å². The van der Waals surface area contributed by atoms with Gasteiger partial charge in [-0.25, -0.2) is 0 Å². The first kappa shape index (κ1) is 11.4. The van der Waals surface area contributed by atoms with Gasteiger partial charge in [-0.15, -0.1) is 0 Å². The summed E-state index contributed by atoms with van der Waals surface area (Å²) in [5.41, 5.74) is 6.41. The van der Waals surface area contributed by atoms with Crippen LogP contribution in [0.1, 0.15) is 46.5 Å². The van der Waals surface area contributed by atoms with Crippen molar-refractivity contribution in [3.05, 3.63) is 0 Å². The summed E-state index contributed by atoms with van der Waals surface area (Å²) in [5, 5.41) is 0. The van der Waals surface area contributed by atoms with Crippen LogP contribution in [0.5, 0.6) is 0 Å². The highest BCUT2D eigenvalue weighted by molar-refractivity contribution is 5.07. The minimum Gasteiger partial charge on any atom is -0.329 e. The molecule has 0 unspecified atom stereocenters. The zero-order valence-corrected chi connectivity index (χ0v) is 10.5. The summed E-state index contributed by atoms with van der Waals surface area (Å²) >= 11 is 0. The fraction of sp³-hybridized carbons (Fsp3) is 1.00. The Bertz CT molecular complexity index is 215. The molecule has 88 valence electrons. The van der Waals surface area contributed by atoms with E-state index in [1.165, 1.54) is 32.2 Å². The summed E-state index contributed by atoms with van der Waals surface area (Å²) in [4.78, 5) is 2.70. The Labute approximate surface area is 94.2 Å². The Hall–Kier alpha value is -0.0800. The van der Waals surface area contributed by atoms with E-state index in [2.05, 4.69) is 25.7 Å². The number of hydrogen-bond donors (Lipinski definition) is 1. The van der Waals surface area contributed by atoms with E-state index in [9.17, 15) is 0 Å². The molecule has 2 heteroatoms. The van der Waals surface area contributed by atoms with E-state index < -0.39 is 0 Å². The fourth-order valence-corrected chi connectivity index (χ4v) is 3.27. The van der Waals surface area contributed by atoms with Crippen LogP contribution in [0.4, 0.5) is 0 Å². The Morgan fingerprint density at radius 2 is 1.93 bits per heavy atom. The minimum absolute atomic E-state index is 0.380. The summed E-state index contributed by atoms with van der Waals surface area (Å²) in [7, 11) is 0. The van der Waals surface area contributed by atoms with E-state index in [-0.39, 0.29) is 0 Å². The van der Waals surface area contributed by atoms with E-state index >= 15 is 0 Å². The maximum absolute atomic E-state index is 6.03. The normalized spacial score (nSPS) is 36.0. The van der Waals surface area contributed by atoms with Gasteiger partial charge in [0.25, 0.3) is 0 Å². The van der Waals surface area contributed by atoms with E-state index in [4.69, 9.17) is 5.73 Å². The van der Waals surface area contributed by atoms with Gasteiger partial charge in [0, 0.05) is 18.1 Å². The molecule has 2 nitrogen and oxygen atoms in total. The molecule has 0 bridgehead atoms. The molecule has 0 aliphatic heterocycles. The van der Waals surface area contributed by atoms with Crippen molar-refractivity contribution < 1.29 is 0 Å². The summed E-state index contributed by atoms with van der Waals surface area (Å²) in [6.45, 7) is 9.03. The van der Waals surface area contributed by atoms with Crippen LogP contribution >= 0.6 is 0 Å². The second kappa shape index (κ2) is 4.06. The van der Waals surface area contributed by atoms with Crippen LogP contribution < -0.4 is 5.73 Å². The molecule has 0 spiro atoms. The third-order valence-electron chi connectivity index (χ3n) is 4.54. The Morgan fingerprint density at radius 1 is 1.33 bits per heavy atom.